The van der Waals surface area contributed by atoms with Crippen LogP contribution in [0.5, 0.6) is 0 Å². The van der Waals surface area contributed by atoms with Crippen molar-refractivity contribution in [2.24, 2.45) is 0 Å². The van der Waals surface area contributed by atoms with Crippen LogP contribution in [0.25, 0.3) is 33.6 Å². The molecule has 2 heterocycles. The summed E-state index contributed by atoms with van der Waals surface area (Å²) in [6, 6.07) is 10.3. The van der Waals surface area contributed by atoms with Crippen molar-refractivity contribution in [1.82, 2.24) is 15.2 Å². The zero-order chi connectivity index (χ0) is 20.5. The van der Waals surface area contributed by atoms with E-state index in [1.807, 2.05) is 0 Å². The van der Waals surface area contributed by atoms with E-state index in [2.05, 4.69) is 15.2 Å². The average molecular weight is 416 g/mol. The molecule has 144 valence electrons. The summed E-state index contributed by atoms with van der Waals surface area (Å²) in [7, 11) is 0. The maximum absolute atomic E-state index is 14.3. The Morgan fingerprint density at radius 2 is 1.52 bits per heavy atom. The highest BCUT2D eigenvalue weighted by atomic mass is 35.5. The van der Waals surface area contributed by atoms with Gasteiger partial charge in [-0.2, -0.15) is 10.2 Å². The summed E-state index contributed by atoms with van der Waals surface area (Å²) in [5, 5.41) is 8.04. The molecule has 0 aliphatic carbocycles. The number of rotatable bonds is 3. The number of aromatic nitrogens is 3. The van der Waals surface area contributed by atoms with Gasteiger partial charge in [0.1, 0.15) is 23.1 Å². The molecule has 8 heteroatoms. The zero-order valence-electron chi connectivity index (χ0n) is 14.5. The SMILES string of the molecule is Fc1cnc(-c2cc(-c3cnnc(-c4ccc(Cl)cc4F)c3)ccc2F)c(F)c1. The van der Waals surface area contributed by atoms with E-state index in [1.165, 1.54) is 30.5 Å². The normalized spacial score (nSPS) is 10.9. The molecule has 0 saturated carbocycles. The number of pyridine rings is 1. The largest absolute Gasteiger partial charge is 0.250 e. The Hall–Kier alpha value is -3.32. The summed E-state index contributed by atoms with van der Waals surface area (Å²) in [6.07, 6.45) is 2.21. The van der Waals surface area contributed by atoms with Crippen molar-refractivity contribution in [3.05, 3.63) is 89.2 Å². The molecular formula is C21H10ClF4N3. The molecule has 0 fully saturated rings. The highest BCUT2D eigenvalue weighted by Gasteiger charge is 2.15. The maximum Gasteiger partial charge on any atom is 0.152 e. The van der Waals surface area contributed by atoms with Crippen LogP contribution in [0.15, 0.2) is 60.9 Å². The lowest BCUT2D eigenvalue weighted by molar-refractivity contribution is 0.573. The number of hydrogen-bond acceptors (Lipinski definition) is 3. The van der Waals surface area contributed by atoms with E-state index in [-0.39, 0.29) is 27.5 Å². The van der Waals surface area contributed by atoms with E-state index in [9.17, 15) is 17.6 Å². The van der Waals surface area contributed by atoms with Gasteiger partial charge < -0.3 is 0 Å². The Bertz CT molecular complexity index is 1230. The van der Waals surface area contributed by atoms with Crippen molar-refractivity contribution >= 4 is 11.6 Å². The number of nitrogens with zero attached hydrogens (tertiary/aromatic N) is 3. The Morgan fingerprint density at radius 3 is 2.28 bits per heavy atom. The molecule has 29 heavy (non-hydrogen) atoms. The Kier molecular flexibility index (Phi) is 4.98. The smallest absolute Gasteiger partial charge is 0.152 e. The van der Waals surface area contributed by atoms with Gasteiger partial charge in [0.2, 0.25) is 0 Å². The third-order valence-electron chi connectivity index (χ3n) is 4.22. The summed E-state index contributed by atoms with van der Waals surface area (Å²) < 4.78 is 55.7. The molecule has 0 saturated heterocycles. The lowest BCUT2D eigenvalue weighted by Gasteiger charge is -2.09. The van der Waals surface area contributed by atoms with Gasteiger partial charge in [-0.25, -0.2) is 17.6 Å². The highest BCUT2D eigenvalue weighted by molar-refractivity contribution is 6.30. The van der Waals surface area contributed by atoms with Crippen LogP contribution >= 0.6 is 11.6 Å². The lowest BCUT2D eigenvalue weighted by Crippen LogP contribution is -1.96. The molecule has 2 aromatic carbocycles. The fraction of sp³-hybridized carbons (Fsp3) is 0. The van der Waals surface area contributed by atoms with Crippen molar-refractivity contribution < 1.29 is 17.6 Å². The number of hydrogen-bond donors (Lipinski definition) is 0. The third-order valence-corrected chi connectivity index (χ3v) is 4.46. The van der Waals surface area contributed by atoms with Crippen LogP contribution in [-0.2, 0) is 0 Å². The van der Waals surface area contributed by atoms with Gasteiger partial charge >= 0.3 is 0 Å². The summed E-state index contributed by atoms with van der Waals surface area (Å²) in [6.45, 7) is 0. The zero-order valence-corrected chi connectivity index (χ0v) is 15.3. The van der Waals surface area contributed by atoms with Crippen molar-refractivity contribution in [2.75, 3.05) is 0 Å². The summed E-state index contributed by atoms with van der Waals surface area (Å²) in [5.41, 5.74) is 0.935. The van der Waals surface area contributed by atoms with Crippen molar-refractivity contribution in [3.8, 4) is 33.6 Å². The van der Waals surface area contributed by atoms with E-state index in [4.69, 9.17) is 11.6 Å². The van der Waals surface area contributed by atoms with Gasteiger partial charge in [0, 0.05) is 27.8 Å². The fourth-order valence-corrected chi connectivity index (χ4v) is 3.01. The second-order valence-electron chi connectivity index (χ2n) is 6.13. The molecule has 3 nitrogen and oxygen atoms in total. The fourth-order valence-electron chi connectivity index (χ4n) is 2.85. The Balaban J connectivity index is 1.80. The predicted octanol–water partition coefficient (Wildman–Crippen LogP) is 6.08. The molecule has 0 bridgehead atoms. The van der Waals surface area contributed by atoms with Crippen molar-refractivity contribution in [3.63, 3.8) is 0 Å². The predicted molar refractivity (Wildman–Crippen MR) is 101 cm³/mol. The first-order valence-electron chi connectivity index (χ1n) is 8.32. The van der Waals surface area contributed by atoms with Gasteiger partial charge in [-0.15, -0.1) is 0 Å². The Morgan fingerprint density at radius 1 is 0.690 bits per heavy atom. The van der Waals surface area contributed by atoms with Crippen LogP contribution in [0.2, 0.25) is 5.02 Å². The van der Waals surface area contributed by atoms with E-state index < -0.39 is 23.3 Å². The van der Waals surface area contributed by atoms with Crippen LogP contribution in [0.4, 0.5) is 17.6 Å². The highest BCUT2D eigenvalue weighted by Crippen LogP contribution is 2.31. The van der Waals surface area contributed by atoms with Gasteiger partial charge in [-0.1, -0.05) is 17.7 Å². The first-order chi connectivity index (χ1) is 13.9. The molecule has 2 aromatic heterocycles. The molecule has 0 spiro atoms. The van der Waals surface area contributed by atoms with Gasteiger partial charge in [-0.05, 0) is 42.0 Å². The van der Waals surface area contributed by atoms with E-state index in [0.29, 0.717) is 17.2 Å². The molecule has 0 amide bonds. The van der Waals surface area contributed by atoms with Crippen LogP contribution < -0.4 is 0 Å². The molecule has 0 aliphatic heterocycles. The lowest BCUT2D eigenvalue weighted by atomic mass is 10.0. The summed E-state index contributed by atoms with van der Waals surface area (Å²) >= 11 is 5.77. The van der Waals surface area contributed by atoms with Crippen LogP contribution in [0.1, 0.15) is 0 Å². The first-order valence-corrected chi connectivity index (χ1v) is 8.69. The molecule has 0 unspecified atom stereocenters. The molecule has 4 aromatic rings. The molecule has 0 radical (unpaired) electrons. The topological polar surface area (TPSA) is 38.7 Å². The molecular weight excluding hydrogens is 406 g/mol. The minimum Gasteiger partial charge on any atom is -0.250 e. The maximum atomic E-state index is 14.3. The van der Waals surface area contributed by atoms with Gasteiger partial charge in [0.25, 0.3) is 0 Å². The average Bonchev–Trinajstić information content (AvgIpc) is 2.69. The van der Waals surface area contributed by atoms with Gasteiger partial charge in [0.05, 0.1) is 18.1 Å². The quantitative estimate of drug-likeness (QED) is 0.380. The van der Waals surface area contributed by atoms with E-state index in [0.717, 1.165) is 18.3 Å². The minimum absolute atomic E-state index is 0.143. The minimum atomic E-state index is -0.988. The van der Waals surface area contributed by atoms with Gasteiger partial charge in [0.15, 0.2) is 5.82 Å². The summed E-state index contributed by atoms with van der Waals surface area (Å²) in [4.78, 5) is 3.65. The van der Waals surface area contributed by atoms with Crippen molar-refractivity contribution in [2.45, 2.75) is 0 Å². The van der Waals surface area contributed by atoms with E-state index >= 15 is 0 Å². The van der Waals surface area contributed by atoms with Crippen LogP contribution in [0.3, 0.4) is 0 Å². The standard InChI is InChI=1S/C21H10ClF4N3/c22-13-2-3-15(18(25)7-13)20-6-12(9-28-29-20)11-1-4-17(24)16(5-11)21-19(26)8-14(23)10-27-21/h1-10H. The number of halogens is 5. The van der Waals surface area contributed by atoms with Crippen LogP contribution in [-0.4, -0.2) is 15.2 Å². The summed E-state index contributed by atoms with van der Waals surface area (Å²) in [5.74, 6) is -3.15. The second kappa shape index (κ2) is 7.60. The second-order valence-corrected chi connectivity index (χ2v) is 6.57. The Labute approximate surface area is 167 Å². The molecule has 4 rings (SSSR count). The molecule has 0 atom stereocenters. The number of benzene rings is 2. The van der Waals surface area contributed by atoms with E-state index in [1.54, 1.807) is 6.07 Å². The monoisotopic (exact) mass is 415 g/mol. The van der Waals surface area contributed by atoms with Crippen LogP contribution in [0, 0.1) is 23.3 Å². The van der Waals surface area contributed by atoms with Crippen molar-refractivity contribution in [1.29, 1.82) is 0 Å². The molecule has 0 N–H and O–H groups in total. The molecule has 0 aliphatic rings. The van der Waals surface area contributed by atoms with Gasteiger partial charge in [-0.3, -0.25) is 4.98 Å². The first kappa shape index (κ1) is 19.0. The third kappa shape index (κ3) is 3.82.